The Kier molecular flexibility index (Phi) is 10.6. The topological polar surface area (TPSA) is 0 Å². The summed E-state index contributed by atoms with van der Waals surface area (Å²) in [7, 11) is 0. The molecule has 0 radical (unpaired) electrons. The first-order valence-corrected chi connectivity index (χ1v) is 9.96. The predicted octanol–water partition coefficient (Wildman–Crippen LogP) is 6.56. The lowest BCUT2D eigenvalue weighted by atomic mass is 9.86. The van der Waals surface area contributed by atoms with Gasteiger partial charge in [0.2, 0.25) is 0 Å². The van der Waals surface area contributed by atoms with E-state index in [-0.39, 0.29) is 0 Å². The van der Waals surface area contributed by atoms with Crippen molar-refractivity contribution < 1.29 is 4.48 Å². The van der Waals surface area contributed by atoms with Gasteiger partial charge in [0.15, 0.2) is 0 Å². The molecule has 0 aliphatic heterocycles. The molecule has 0 rings (SSSR count). The number of nitrogens with zero attached hydrogens (tertiary/aromatic N) is 1. The van der Waals surface area contributed by atoms with Gasteiger partial charge in [0, 0.05) is 0 Å². The normalized spacial score (nSPS) is 13.1. The second kappa shape index (κ2) is 10.6. The third kappa shape index (κ3) is 4.03. The van der Waals surface area contributed by atoms with Crippen LogP contribution in [0.5, 0.6) is 0 Å². The zero-order chi connectivity index (χ0) is 16.5. The monoisotopic (exact) mass is 298 g/mol. The summed E-state index contributed by atoms with van der Waals surface area (Å²) in [4.78, 5) is 0. The van der Waals surface area contributed by atoms with Gasteiger partial charge in [0.1, 0.15) is 0 Å². The Morgan fingerprint density at radius 3 is 0.619 bits per heavy atom. The third-order valence-electron chi connectivity index (χ3n) is 6.30. The van der Waals surface area contributed by atoms with Gasteiger partial charge < -0.3 is 4.48 Å². The second-order valence-corrected chi connectivity index (χ2v) is 6.78. The largest absolute Gasteiger partial charge is 0.314 e. The highest BCUT2D eigenvalue weighted by Crippen LogP contribution is 2.39. The number of hydrogen-bond donors (Lipinski definition) is 0. The Labute approximate surface area is 136 Å². The highest BCUT2D eigenvalue weighted by molar-refractivity contribution is 4.75. The lowest BCUT2D eigenvalue weighted by Gasteiger charge is -2.58. The van der Waals surface area contributed by atoms with Crippen LogP contribution in [-0.2, 0) is 0 Å². The van der Waals surface area contributed by atoms with Gasteiger partial charge in [-0.2, -0.15) is 0 Å². The molecule has 0 heterocycles. The van der Waals surface area contributed by atoms with Crippen LogP contribution < -0.4 is 0 Å². The van der Waals surface area contributed by atoms with Crippen LogP contribution in [0.3, 0.4) is 0 Å². The molecule has 128 valence electrons. The van der Waals surface area contributed by atoms with Crippen molar-refractivity contribution in [2.45, 2.75) is 131 Å². The van der Waals surface area contributed by atoms with E-state index >= 15 is 0 Å². The number of hydrogen-bond acceptors (Lipinski definition) is 0. The van der Waals surface area contributed by atoms with Crippen molar-refractivity contribution in [2.75, 3.05) is 0 Å². The van der Waals surface area contributed by atoms with Crippen molar-refractivity contribution in [1.29, 1.82) is 0 Å². The Hall–Kier alpha value is -0.0400. The number of quaternary nitrogens is 1. The van der Waals surface area contributed by atoms with Crippen molar-refractivity contribution >= 4 is 0 Å². The Morgan fingerprint density at radius 1 is 0.381 bits per heavy atom. The summed E-state index contributed by atoms with van der Waals surface area (Å²) in [6.07, 6.45) is 10.7. The van der Waals surface area contributed by atoms with Crippen LogP contribution in [-0.4, -0.2) is 28.7 Å². The maximum Gasteiger partial charge on any atom is 0.0891 e. The molecular formula is C20H44N+. The molecule has 0 aliphatic rings. The van der Waals surface area contributed by atoms with Crippen LogP contribution in [0.1, 0.15) is 107 Å². The predicted molar refractivity (Wildman–Crippen MR) is 97.7 cm³/mol. The first-order valence-electron chi connectivity index (χ1n) is 9.96. The molecule has 0 aliphatic carbocycles. The van der Waals surface area contributed by atoms with Crippen LogP contribution in [0, 0.1) is 0 Å². The molecule has 1 heteroatoms. The summed E-state index contributed by atoms with van der Waals surface area (Å²) in [5.74, 6) is 0. The Bertz CT molecular complexity index is 179. The smallest absolute Gasteiger partial charge is 0.0891 e. The summed E-state index contributed by atoms with van der Waals surface area (Å²) in [6, 6.07) is 3.35. The van der Waals surface area contributed by atoms with E-state index in [1.165, 1.54) is 55.8 Å². The van der Waals surface area contributed by atoms with Crippen molar-refractivity contribution in [3.8, 4) is 0 Å². The summed E-state index contributed by atoms with van der Waals surface area (Å²) in [5, 5.41) is 0. The van der Waals surface area contributed by atoms with Crippen molar-refractivity contribution in [3.63, 3.8) is 0 Å². The molecule has 21 heavy (non-hydrogen) atoms. The molecule has 0 saturated carbocycles. The minimum Gasteiger partial charge on any atom is -0.314 e. The maximum absolute atomic E-state index is 2.42. The summed E-state index contributed by atoms with van der Waals surface area (Å²) in [6.45, 7) is 19.4. The Balaban J connectivity index is 6.15. The van der Waals surface area contributed by atoms with Crippen LogP contribution >= 0.6 is 0 Å². The van der Waals surface area contributed by atoms with Gasteiger partial charge in [-0.1, -0.05) is 55.4 Å². The Morgan fingerprint density at radius 2 is 0.524 bits per heavy atom. The van der Waals surface area contributed by atoms with E-state index in [4.69, 9.17) is 0 Å². The van der Waals surface area contributed by atoms with Crippen molar-refractivity contribution in [3.05, 3.63) is 0 Å². The summed E-state index contributed by atoms with van der Waals surface area (Å²) in [5.41, 5.74) is 0. The summed E-state index contributed by atoms with van der Waals surface area (Å²) < 4.78 is 1.42. The van der Waals surface area contributed by atoms with Gasteiger partial charge in [-0.15, -0.1) is 0 Å². The maximum atomic E-state index is 2.42. The van der Waals surface area contributed by atoms with Gasteiger partial charge in [-0.05, 0) is 51.4 Å². The van der Waals surface area contributed by atoms with E-state index < -0.39 is 0 Å². The van der Waals surface area contributed by atoms with Gasteiger partial charge in [0.25, 0.3) is 0 Å². The fraction of sp³-hybridized carbons (Fsp3) is 1.00. The van der Waals surface area contributed by atoms with E-state index in [9.17, 15) is 0 Å². The van der Waals surface area contributed by atoms with Crippen LogP contribution in [0.2, 0.25) is 0 Å². The highest BCUT2D eigenvalue weighted by Gasteiger charge is 2.49. The molecule has 0 N–H and O–H groups in total. The molecule has 0 amide bonds. The highest BCUT2D eigenvalue weighted by atomic mass is 15.4. The lowest BCUT2D eigenvalue weighted by Crippen LogP contribution is -2.70. The average molecular weight is 299 g/mol. The molecule has 0 aromatic heterocycles. The minimum atomic E-state index is 0.838. The molecule has 0 fully saturated rings. The molecule has 0 unspecified atom stereocenters. The van der Waals surface area contributed by atoms with Gasteiger partial charge in [0.05, 0.1) is 24.2 Å². The fourth-order valence-corrected chi connectivity index (χ4v) is 5.47. The molecule has 0 atom stereocenters. The second-order valence-electron chi connectivity index (χ2n) is 6.78. The van der Waals surface area contributed by atoms with Crippen molar-refractivity contribution in [1.82, 2.24) is 0 Å². The average Bonchev–Trinajstić information content (AvgIpc) is 2.51. The molecular weight excluding hydrogens is 254 g/mol. The number of rotatable bonds is 12. The van der Waals surface area contributed by atoms with E-state index in [0.29, 0.717) is 0 Å². The van der Waals surface area contributed by atoms with E-state index in [1.807, 2.05) is 0 Å². The first kappa shape index (κ1) is 21.0. The minimum absolute atomic E-state index is 0.838. The molecule has 0 aromatic rings. The molecule has 1 nitrogen and oxygen atoms in total. The van der Waals surface area contributed by atoms with Gasteiger partial charge >= 0.3 is 0 Å². The molecule has 0 spiro atoms. The first-order chi connectivity index (χ1) is 10.1. The van der Waals surface area contributed by atoms with Crippen LogP contribution in [0.25, 0.3) is 0 Å². The zero-order valence-corrected chi connectivity index (χ0v) is 16.4. The zero-order valence-electron chi connectivity index (χ0n) is 16.4. The SMILES string of the molecule is CCC(CC)[N+](C(CC)CC)(C(CC)CC)C(CC)CC. The van der Waals surface area contributed by atoms with E-state index in [1.54, 1.807) is 0 Å². The molecule has 0 bridgehead atoms. The van der Waals surface area contributed by atoms with Crippen LogP contribution in [0.4, 0.5) is 0 Å². The fourth-order valence-electron chi connectivity index (χ4n) is 5.47. The van der Waals surface area contributed by atoms with Crippen LogP contribution in [0.15, 0.2) is 0 Å². The molecule has 0 aromatic carbocycles. The van der Waals surface area contributed by atoms with E-state index in [2.05, 4.69) is 55.4 Å². The van der Waals surface area contributed by atoms with E-state index in [0.717, 1.165) is 24.2 Å². The summed E-state index contributed by atoms with van der Waals surface area (Å²) >= 11 is 0. The standard InChI is InChI=1S/C20H44N/c1-9-17(10-2)21(18(11-3)12-4,19(13-5)14-6)20(15-7)16-8/h17-20H,9-16H2,1-8H3/q+1. The van der Waals surface area contributed by atoms with Crippen molar-refractivity contribution in [2.24, 2.45) is 0 Å². The molecule has 0 saturated heterocycles. The van der Waals surface area contributed by atoms with Gasteiger partial charge in [-0.25, -0.2) is 0 Å². The lowest BCUT2D eigenvalue weighted by molar-refractivity contribution is -1.02. The van der Waals surface area contributed by atoms with Gasteiger partial charge in [-0.3, -0.25) is 0 Å². The quantitative estimate of drug-likeness (QED) is 0.358. The third-order valence-corrected chi connectivity index (χ3v) is 6.30.